The molecule has 8 nitrogen and oxygen atoms in total. The number of rotatable bonds is 10. The first-order chi connectivity index (χ1) is 19.2. The molecule has 9 heteroatoms. The Labute approximate surface area is 236 Å². The van der Waals surface area contributed by atoms with Gasteiger partial charge >= 0.3 is 5.97 Å². The van der Waals surface area contributed by atoms with E-state index in [1.54, 1.807) is 47.8 Å². The first-order valence-electron chi connectivity index (χ1n) is 12.7. The van der Waals surface area contributed by atoms with Crippen LogP contribution in [0.15, 0.2) is 84.2 Å². The molecule has 5 N–H and O–H groups in total. The van der Waals surface area contributed by atoms with Crippen molar-refractivity contribution in [3.05, 3.63) is 111 Å². The Bertz CT molecular complexity index is 1530. The third-order valence-corrected chi connectivity index (χ3v) is 6.91. The van der Waals surface area contributed by atoms with Crippen molar-refractivity contribution in [3.63, 3.8) is 0 Å². The predicted octanol–water partition coefficient (Wildman–Crippen LogP) is 5.69. The van der Waals surface area contributed by atoms with Crippen molar-refractivity contribution in [2.75, 3.05) is 11.9 Å². The molecule has 0 spiro atoms. The molecule has 3 aromatic carbocycles. The van der Waals surface area contributed by atoms with Gasteiger partial charge in [0.1, 0.15) is 17.3 Å². The van der Waals surface area contributed by atoms with E-state index in [0.29, 0.717) is 39.4 Å². The van der Waals surface area contributed by atoms with Crippen LogP contribution in [-0.4, -0.2) is 30.2 Å². The van der Waals surface area contributed by atoms with Crippen molar-refractivity contribution in [1.29, 1.82) is 5.41 Å². The lowest BCUT2D eigenvalue weighted by Gasteiger charge is -2.14. The summed E-state index contributed by atoms with van der Waals surface area (Å²) < 4.78 is 5.62. The molecular weight excluding hydrogens is 524 g/mol. The molecule has 4 rings (SSSR count). The third-order valence-electron chi connectivity index (χ3n) is 6.00. The van der Waals surface area contributed by atoms with Gasteiger partial charge in [0.25, 0.3) is 11.8 Å². The Morgan fingerprint density at radius 1 is 0.900 bits per heavy atom. The molecule has 4 aromatic rings. The molecule has 0 bridgehead atoms. The van der Waals surface area contributed by atoms with Gasteiger partial charge in [-0.15, -0.1) is 11.3 Å². The van der Waals surface area contributed by atoms with Crippen LogP contribution in [0.4, 0.5) is 5.69 Å². The van der Waals surface area contributed by atoms with Crippen molar-refractivity contribution in [1.82, 2.24) is 5.32 Å². The van der Waals surface area contributed by atoms with Crippen molar-refractivity contribution in [2.24, 2.45) is 11.7 Å². The SMILES string of the molecule is CC(C)CNC(=O)c1ccc(-c2ccsc2C(=O)Nc2ccc(C(=N)N)cc2)c(C(=O)OCc2ccccc2)c1. The first-order valence-corrected chi connectivity index (χ1v) is 13.6. The van der Waals surface area contributed by atoms with Crippen LogP contribution in [0.25, 0.3) is 11.1 Å². The average Bonchev–Trinajstić information content (AvgIpc) is 3.45. The largest absolute Gasteiger partial charge is 0.457 e. The van der Waals surface area contributed by atoms with Gasteiger partial charge in [0, 0.05) is 28.9 Å². The van der Waals surface area contributed by atoms with Gasteiger partial charge in [-0.3, -0.25) is 15.0 Å². The second-order valence-corrected chi connectivity index (χ2v) is 10.5. The van der Waals surface area contributed by atoms with Crippen molar-refractivity contribution >= 4 is 40.6 Å². The highest BCUT2D eigenvalue weighted by Crippen LogP contribution is 2.33. The average molecular weight is 555 g/mol. The first kappa shape index (κ1) is 28.3. The summed E-state index contributed by atoms with van der Waals surface area (Å²) >= 11 is 1.23. The highest BCUT2D eigenvalue weighted by molar-refractivity contribution is 7.12. The summed E-state index contributed by atoms with van der Waals surface area (Å²) in [6.07, 6.45) is 0. The van der Waals surface area contributed by atoms with Crippen LogP contribution in [0.1, 0.15) is 55.4 Å². The van der Waals surface area contributed by atoms with Gasteiger partial charge < -0.3 is 21.1 Å². The number of carbonyl (C=O) groups excluding carboxylic acids is 3. The molecular formula is C31H30N4O4S. The van der Waals surface area contributed by atoms with Gasteiger partial charge in [-0.2, -0.15) is 0 Å². The lowest BCUT2D eigenvalue weighted by atomic mass is 9.97. The smallest absolute Gasteiger partial charge is 0.339 e. The molecule has 0 atom stereocenters. The monoisotopic (exact) mass is 554 g/mol. The van der Waals surface area contributed by atoms with E-state index >= 15 is 0 Å². The van der Waals surface area contributed by atoms with Crippen molar-refractivity contribution in [2.45, 2.75) is 20.5 Å². The molecule has 2 amide bonds. The van der Waals surface area contributed by atoms with E-state index in [1.165, 1.54) is 17.4 Å². The van der Waals surface area contributed by atoms with Crippen LogP contribution in [0, 0.1) is 11.3 Å². The van der Waals surface area contributed by atoms with E-state index in [2.05, 4.69) is 10.6 Å². The topological polar surface area (TPSA) is 134 Å². The minimum atomic E-state index is -0.602. The van der Waals surface area contributed by atoms with Gasteiger partial charge in [-0.05, 0) is 64.9 Å². The number of ether oxygens (including phenoxy) is 1. The summed E-state index contributed by atoms with van der Waals surface area (Å²) in [5, 5.41) is 15.0. The van der Waals surface area contributed by atoms with Crippen LogP contribution in [0.3, 0.4) is 0 Å². The van der Waals surface area contributed by atoms with E-state index in [4.69, 9.17) is 15.9 Å². The van der Waals surface area contributed by atoms with Gasteiger partial charge in [0.2, 0.25) is 0 Å². The molecule has 0 fully saturated rings. The number of hydrogen-bond acceptors (Lipinski definition) is 6. The van der Waals surface area contributed by atoms with Gasteiger partial charge in [-0.25, -0.2) is 4.79 Å². The zero-order chi connectivity index (χ0) is 28.6. The number of nitrogens with two attached hydrogens (primary N) is 1. The van der Waals surface area contributed by atoms with Crippen molar-refractivity contribution < 1.29 is 19.1 Å². The maximum Gasteiger partial charge on any atom is 0.339 e. The van der Waals surface area contributed by atoms with E-state index in [0.717, 1.165) is 5.56 Å². The number of nitrogen functional groups attached to an aromatic ring is 1. The number of anilines is 1. The number of esters is 1. The van der Waals surface area contributed by atoms with E-state index < -0.39 is 5.97 Å². The fourth-order valence-electron chi connectivity index (χ4n) is 3.91. The maximum absolute atomic E-state index is 13.4. The lowest BCUT2D eigenvalue weighted by Crippen LogP contribution is -2.27. The summed E-state index contributed by atoms with van der Waals surface area (Å²) in [6, 6.07) is 22.5. The Hall–Kier alpha value is -4.76. The fourth-order valence-corrected chi connectivity index (χ4v) is 4.71. The molecule has 0 aliphatic heterocycles. The van der Waals surface area contributed by atoms with Crippen LogP contribution < -0.4 is 16.4 Å². The minimum absolute atomic E-state index is 0.0635. The number of nitrogens with one attached hydrogen (secondary N) is 3. The van der Waals surface area contributed by atoms with E-state index in [9.17, 15) is 14.4 Å². The number of amides is 2. The molecule has 0 radical (unpaired) electrons. The minimum Gasteiger partial charge on any atom is -0.457 e. The summed E-state index contributed by atoms with van der Waals surface area (Å²) in [5.41, 5.74) is 8.96. The van der Waals surface area contributed by atoms with Crippen LogP contribution in [0.5, 0.6) is 0 Å². The van der Waals surface area contributed by atoms with Crippen LogP contribution >= 0.6 is 11.3 Å². The Kier molecular flexibility index (Phi) is 9.08. The summed E-state index contributed by atoms with van der Waals surface area (Å²) in [6.45, 7) is 4.56. The summed E-state index contributed by atoms with van der Waals surface area (Å²) in [7, 11) is 0. The molecule has 1 aromatic heterocycles. The highest BCUT2D eigenvalue weighted by atomic mass is 32.1. The van der Waals surface area contributed by atoms with Gasteiger partial charge in [-0.1, -0.05) is 50.2 Å². The molecule has 0 saturated heterocycles. The molecule has 0 aliphatic carbocycles. The molecule has 0 aliphatic rings. The number of carbonyl (C=O) groups is 3. The molecule has 40 heavy (non-hydrogen) atoms. The van der Waals surface area contributed by atoms with Crippen LogP contribution in [-0.2, 0) is 11.3 Å². The Morgan fingerprint density at radius 2 is 1.60 bits per heavy atom. The highest BCUT2D eigenvalue weighted by Gasteiger charge is 2.23. The van der Waals surface area contributed by atoms with Gasteiger partial charge in [0.15, 0.2) is 0 Å². The Morgan fingerprint density at radius 3 is 2.27 bits per heavy atom. The zero-order valence-corrected chi connectivity index (χ0v) is 23.0. The molecule has 204 valence electrons. The van der Waals surface area contributed by atoms with Crippen LogP contribution in [0.2, 0.25) is 0 Å². The molecule has 1 heterocycles. The number of hydrogen-bond donors (Lipinski definition) is 4. The number of thiophene rings is 1. The lowest BCUT2D eigenvalue weighted by molar-refractivity contribution is 0.0473. The molecule has 0 unspecified atom stereocenters. The Balaban J connectivity index is 1.64. The standard InChI is InChI=1S/C31H30N4O4S/c1-19(2)17-34-29(36)22-10-13-24(26(16-22)31(38)39-18-20-6-4-3-5-7-20)25-14-15-40-27(25)30(37)35-23-11-8-21(9-12-23)28(32)33/h3-16,19H,17-18H2,1-2H3,(H3,32,33)(H,34,36)(H,35,37). The fraction of sp³-hybridized carbons (Fsp3) is 0.161. The summed E-state index contributed by atoms with van der Waals surface area (Å²) in [5.74, 6) is -1.05. The van der Waals surface area contributed by atoms with Gasteiger partial charge in [0.05, 0.1) is 5.56 Å². The van der Waals surface area contributed by atoms with Crippen molar-refractivity contribution in [3.8, 4) is 11.1 Å². The quantitative estimate of drug-likeness (QED) is 0.113. The normalized spacial score (nSPS) is 10.7. The number of amidine groups is 1. The molecule has 0 saturated carbocycles. The third kappa shape index (κ3) is 7.00. The second-order valence-electron chi connectivity index (χ2n) is 9.53. The summed E-state index contributed by atoms with van der Waals surface area (Å²) in [4.78, 5) is 39.8. The zero-order valence-electron chi connectivity index (χ0n) is 22.2. The maximum atomic E-state index is 13.4. The second kappa shape index (κ2) is 12.9. The predicted molar refractivity (Wildman–Crippen MR) is 158 cm³/mol. The van der Waals surface area contributed by atoms with E-state index in [-0.39, 0.29) is 35.7 Å². The number of benzene rings is 3. The van der Waals surface area contributed by atoms with E-state index in [1.807, 2.05) is 44.2 Å².